The zero-order chi connectivity index (χ0) is 21.0. The highest BCUT2D eigenvalue weighted by molar-refractivity contribution is 5.93. The van der Waals surface area contributed by atoms with Crippen LogP contribution >= 0.6 is 0 Å². The fourth-order valence-corrected chi connectivity index (χ4v) is 1.40. The van der Waals surface area contributed by atoms with Gasteiger partial charge in [0.25, 0.3) is 0 Å². The van der Waals surface area contributed by atoms with Gasteiger partial charge in [-0.3, -0.25) is 19.2 Å². The number of ketones is 1. The summed E-state index contributed by atoms with van der Waals surface area (Å²) in [6.07, 6.45) is 5.23. The van der Waals surface area contributed by atoms with Crippen LogP contribution in [0.25, 0.3) is 0 Å². The summed E-state index contributed by atoms with van der Waals surface area (Å²) in [7, 11) is 0. The number of unbranched alkanes of at least 4 members (excludes halogenated alkanes) is 3. The summed E-state index contributed by atoms with van der Waals surface area (Å²) in [5.41, 5.74) is 0. The average Bonchev–Trinajstić information content (AvgIpc) is 2.45. The largest absolute Gasteiger partial charge is 0.481 e. The molecular weight excluding hydrogens is 340 g/mol. The van der Waals surface area contributed by atoms with Crippen molar-refractivity contribution in [1.82, 2.24) is 0 Å². The molecule has 0 aliphatic heterocycles. The van der Waals surface area contributed by atoms with Crippen molar-refractivity contribution < 1.29 is 33.8 Å². The van der Waals surface area contributed by atoms with E-state index in [4.69, 9.17) is 14.6 Å². The predicted octanol–water partition coefficient (Wildman–Crippen LogP) is 3.78. The van der Waals surface area contributed by atoms with Gasteiger partial charge < -0.3 is 14.6 Å². The number of carboxylic acids is 1. The lowest BCUT2D eigenvalue weighted by Gasteiger charge is -2.02. The van der Waals surface area contributed by atoms with Crippen molar-refractivity contribution in [3.8, 4) is 0 Å². The van der Waals surface area contributed by atoms with E-state index in [0.29, 0.717) is 19.1 Å². The number of aliphatic carboxylic acids is 1. The van der Waals surface area contributed by atoms with Crippen LogP contribution in [0.5, 0.6) is 0 Å². The van der Waals surface area contributed by atoms with E-state index in [1.807, 2.05) is 0 Å². The van der Waals surface area contributed by atoms with Crippen LogP contribution in [-0.2, 0) is 28.7 Å². The van der Waals surface area contributed by atoms with Gasteiger partial charge in [-0.15, -0.1) is 0 Å². The molecule has 0 unspecified atom stereocenters. The van der Waals surface area contributed by atoms with Crippen molar-refractivity contribution in [3.63, 3.8) is 0 Å². The van der Waals surface area contributed by atoms with E-state index in [9.17, 15) is 19.2 Å². The molecule has 0 aromatic carbocycles. The molecule has 7 heteroatoms. The SMILES string of the molecule is CC(=O)CC(=O)O.CC(=O)OCCC(C)C.CCCCCCOC(C)=O. The lowest BCUT2D eigenvalue weighted by atomic mass is 10.1. The van der Waals surface area contributed by atoms with Crippen LogP contribution in [0.1, 0.15) is 80.1 Å². The maximum absolute atomic E-state index is 10.3. The van der Waals surface area contributed by atoms with Gasteiger partial charge in [-0.25, -0.2) is 0 Å². The summed E-state index contributed by atoms with van der Waals surface area (Å²) in [4.78, 5) is 39.9. The fraction of sp³-hybridized carbons (Fsp3) is 0.789. The number of hydrogen-bond donors (Lipinski definition) is 1. The van der Waals surface area contributed by atoms with Gasteiger partial charge in [0.15, 0.2) is 0 Å². The van der Waals surface area contributed by atoms with Crippen molar-refractivity contribution in [3.05, 3.63) is 0 Å². The van der Waals surface area contributed by atoms with E-state index >= 15 is 0 Å². The molecule has 0 rings (SSSR count). The highest BCUT2D eigenvalue weighted by atomic mass is 16.5. The number of ether oxygens (including phenoxy) is 2. The van der Waals surface area contributed by atoms with Crippen LogP contribution in [0.2, 0.25) is 0 Å². The number of esters is 2. The van der Waals surface area contributed by atoms with Crippen LogP contribution in [0, 0.1) is 5.92 Å². The molecule has 0 atom stereocenters. The summed E-state index contributed by atoms with van der Waals surface area (Å²) in [5, 5.41) is 7.86. The van der Waals surface area contributed by atoms with E-state index in [0.717, 1.165) is 12.8 Å². The lowest BCUT2D eigenvalue weighted by Crippen LogP contribution is -2.02. The van der Waals surface area contributed by atoms with Crippen LogP contribution < -0.4 is 0 Å². The Bertz CT molecular complexity index is 377. The molecule has 0 aromatic rings. The first-order valence-electron chi connectivity index (χ1n) is 9.00. The van der Waals surface area contributed by atoms with E-state index in [-0.39, 0.29) is 24.1 Å². The van der Waals surface area contributed by atoms with Gasteiger partial charge in [0.2, 0.25) is 0 Å². The Balaban J connectivity index is -0.000000310. The van der Waals surface area contributed by atoms with Crippen molar-refractivity contribution >= 4 is 23.7 Å². The van der Waals surface area contributed by atoms with Gasteiger partial charge in [-0.1, -0.05) is 40.0 Å². The summed E-state index contributed by atoms with van der Waals surface area (Å²) in [6, 6.07) is 0. The minimum Gasteiger partial charge on any atom is -0.481 e. The van der Waals surface area contributed by atoms with Crippen LogP contribution in [0.15, 0.2) is 0 Å². The topological polar surface area (TPSA) is 107 Å². The highest BCUT2D eigenvalue weighted by Gasteiger charge is 1.98. The Morgan fingerprint density at radius 2 is 1.35 bits per heavy atom. The second kappa shape index (κ2) is 21.1. The lowest BCUT2D eigenvalue weighted by molar-refractivity contribution is -0.142. The summed E-state index contributed by atoms with van der Waals surface area (Å²) in [6.45, 7) is 11.6. The zero-order valence-corrected chi connectivity index (χ0v) is 17.1. The van der Waals surface area contributed by atoms with Gasteiger partial charge in [-0.2, -0.15) is 0 Å². The first-order valence-corrected chi connectivity index (χ1v) is 9.00. The molecule has 0 saturated carbocycles. The van der Waals surface area contributed by atoms with Crippen LogP contribution in [0.3, 0.4) is 0 Å². The molecule has 0 aliphatic carbocycles. The van der Waals surface area contributed by atoms with Gasteiger partial charge in [0.05, 0.1) is 13.2 Å². The first kappa shape index (κ1) is 28.9. The third kappa shape index (κ3) is 43.1. The number of carbonyl (C=O) groups excluding carboxylic acids is 3. The molecule has 0 bridgehead atoms. The highest BCUT2D eigenvalue weighted by Crippen LogP contribution is 1.99. The Morgan fingerprint density at radius 3 is 1.65 bits per heavy atom. The molecule has 0 radical (unpaired) electrons. The standard InChI is InChI=1S/C8H16O2.C7H14O2.C4H6O3/c1-3-4-5-6-7-10-8(2)9;1-6(2)4-5-9-7(3)8;1-3(5)2-4(6)7/h3-7H2,1-2H3;6H,4-5H2,1-3H3;2H2,1H3,(H,6,7). The Kier molecular flexibility index (Phi) is 23.5. The molecule has 26 heavy (non-hydrogen) atoms. The van der Waals surface area contributed by atoms with E-state index in [2.05, 4.69) is 20.8 Å². The Morgan fingerprint density at radius 1 is 0.846 bits per heavy atom. The van der Waals surface area contributed by atoms with Gasteiger partial charge >= 0.3 is 17.9 Å². The average molecular weight is 376 g/mol. The molecule has 0 amide bonds. The number of hydrogen-bond acceptors (Lipinski definition) is 6. The quantitative estimate of drug-likeness (QED) is 0.351. The third-order valence-corrected chi connectivity index (χ3v) is 2.70. The minimum absolute atomic E-state index is 0.170. The summed E-state index contributed by atoms with van der Waals surface area (Å²) in [5.74, 6) is -1.11. The molecule has 154 valence electrons. The van der Waals surface area contributed by atoms with Crippen molar-refractivity contribution in [2.24, 2.45) is 5.92 Å². The monoisotopic (exact) mass is 376 g/mol. The molecule has 0 spiro atoms. The summed E-state index contributed by atoms with van der Waals surface area (Å²) >= 11 is 0. The zero-order valence-electron chi connectivity index (χ0n) is 17.1. The maximum atomic E-state index is 10.3. The summed E-state index contributed by atoms with van der Waals surface area (Å²) < 4.78 is 9.46. The van der Waals surface area contributed by atoms with Gasteiger partial charge in [-0.05, 0) is 25.7 Å². The van der Waals surface area contributed by atoms with Crippen molar-refractivity contribution in [2.45, 2.75) is 80.1 Å². The molecule has 0 fully saturated rings. The molecule has 0 heterocycles. The Labute approximate surface area is 157 Å². The number of rotatable bonds is 10. The predicted molar refractivity (Wildman–Crippen MR) is 99.8 cm³/mol. The van der Waals surface area contributed by atoms with Crippen molar-refractivity contribution in [1.29, 1.82) is 0 Å². The fourth-order valence-electron chi connectivity index (χ4n) is 1.40. The van der Waals surface area contributed by atoms with Gasteiger partial charge in [0, 0.05) is 13.8 Å². The van der Waals surface area contributed by atoms with E-state index < -0.39 is 5.97 Å². The number of Topliss-reactive ketones (excluding diaryl/α,β-unsaturated/α-hetero) is 1. The Hall–Kier alpha value is -1.92. The molecule has 1 N–H and O–H groups in total. The third-order valence-electron chi connectivity index (χ3n) is 2.70. The molecule has 7 nitrogen and oxygen atoms in total. The molecule has 0 saturated heterocycles. The second-order valence-electron chi connectivity index (χ2n) is 6.20. The molecule has 0 aromatic heterocycles. The molecule has 0 aliphatic rings. The second-order valence-corrected chi connectivity index (χ2v) is 6.20. The van der Waals surface area contributed by atoms with E-state index in [1.54, 1.807) is 0 Å². The van der Waals surface area contributed by atoms with Crippen molar-refractivity contribution in [2.75, 3.05) is 13.2 Å². The minimum atomic E-state index is -1.06. The van der Waals surface area contributed by atoms with Crippen LogP contribution in [-0.4, -0.2) is 42.0 Å². The van der Waals surface area contributed by atoms with Crippen LogP contribution in [0.4, 0.5) is 0 Å². The smallest absolute Gasteiger partial charge is 0.310 e. The number of carboxylic acid groups (broad SMARTS) is 1. The maximum Gasteiger partial charge on any atom is 0.310 e. The van der Waals surface area contributed by atoms with Gasteiger partial charge in [0.1, 0.15) is 12.2 Å². The molecular formula is C19H36O7. The number of carbonyl (C=O) groups is 4. The first-order chi connectivity index (χ1) is 12.0. The normalized spacial score (nSPS) is 9.19. The van der Waals surface area contributed by atoms with E-state index in [1.165, 1.54) is 40.0 Å².